The number of hydrogen-bond acceptors (Lipinski definition) is 4. The molecule has 1 spiro atoms. The molecule has 0 radical (unpaired) electrons. The molecular weight excluding hydrogens is 1030 g/mol. The minimum atomic E-state index is -1.02. The lowest BCUT2D eigenvalue weighted by molar-refractivity contribution is 0.607. The first kappa shape index (κ1) is 53.1. The maximum Gasteiger partial charge on any atom is 0.161 e. The molecule has 0 amide bonds. The number of rotatable bonds is 12. The van der Waals surface area contributed by atoms with Crippen molar-refractivity contribution in [3.8, 4) is 11.1 Å². The van der Waals surface area contributed by atoms with E-state index in [-0.39, 0.29) is 0 Å². The van der Waals surface area contributed by atoms with Crippen molar-refractivity contribution in [1.82, 2.24) is 0 Å². The highest BCUT2D eigenvalue weighted by atomic mass is 15.4. The number of nitrogens with zero attached hydrogens (tertiary/aromatic N) is 4. The molecule has 0 bridgehead atoms. The van der Waals surface area contributed by atoms with Gasteiger partial charge in [-0.05, 0) is 221 Å². The van der Waals surface area contributed by atoms with Crippen LogP contribution < -0.4 is 19.6 Å². The zero-order valence-corrected chi connectivity index (χ0v) is 49.8. The predicted octanol–water partition coefficient (Wildman–Crippen LogP) is 20.5. The fourth-order valence-electron chi connectivity index (χ4n) is 13.9. The van der Waals surface area contributed by atoms with Crippen molar-refractivity contribution in [2.75, 3.05) is 19.6 Å². The second kappa shape index (κ2) is 20.8. The highest BCUT2D eigenvalue weighted by Gasteiger charge is 2.59. The van der Waals surface area contributed by atoms with E-state index in [1.54, 1.807) is 0 Å². The molecule has 14 rings (SSSR count). The highest BCUT2D eigenvalue weighted by molar-refractivity contribution is 5.95. The lowest BCUT2D eigenvalue weighted by atomic mass is 9.66. The summed E-state index contributed by atoms with van der Waals surface area (Å²) in [4.78, 5) is 10.3. The zero-order chi connectivity index (χ0) is 58.2. The first-order valence-electron chi connectivity index (χ1n) is 29.9. The Hall–Kier alpha value is -9.90. The number of fused-ring (bicyclic) bond motifs is 9. The Morgan fingerprint density at radius 2 is 0.435 bits per heavy atom. The smallest absolute Gasteiger partial charge is 0.161 e. The third-order valence-electron chi connectivity index (χ3n) is 18.1. The molecule has 414 valence electrons. The van der Waals surface area contributed by atoms with E-state index in [2.05, 4.69) is 354 Å². The van der Waals surface area contributed by atoms with Crippen LogP contribution >= 0.6 is 0 Å². The Morgan fingerprint density at radius 3 is 0.647 bits per heavy atom. The van der Waals surface area contributed by atoms with Gasteiger partial charge in [-0.15, -0.1) is 0 Å². The van der Waals surface area contributed by atoms with Gasteiger partial charge in [0.05, 0.1) is 5.41 Å². The van der Waals surface area contributed by atoms with Crippen LogP contribution in [0.5, 0.6) is 0 Å². The van der Waals surface area contributed by atoms with Gasteiger partial charge >= 0.3 is 0 Å². The van der Waals surface area contributed by atoms with Gasteiger partial charge in [-0.2, -0.15) is 0 Å². The van der Waals surface area contributed by atoms with Gasteiger partial charge in [0.15, 0.2) is 11.3 Å². The Morgan fingerprint density at radius 1 is 0.235 bits per heavy atom. The largest absolute Gasteiger partial charge is 0.311 e. The monoisotopic (exact) mass is 1100 g/mol. The van der Waals surface area contributed by atoms with Gasteiger partial charge < -0.3 is 19.6 Å². The van der Waals surface area contributed by atoms with Crippen LogP contribution in [0.3, 0.4) is 0 Å². The third-order valence-corrected chi connectivity index (χ3v) is 18.1. The lowest BCUT2D eigenvalue weighted by Gasteiger charge is -2.52. The molecule has 0 N–H and O–H groups in total. The summed E-state index contributed by atoms with van der Waals surface area (Å²) >= 11 is 0. The van der Waals surface area contributed by atoms with Gasteiger partial charge in [0.1, 0.15) is 0 Å². The predicted molar refractivity (Wildman–Crippen MR) is 358 cm³/mol. The van der Waals surface area contributed by atoms with Crippen molar-refractivity contribution < 1.29 is 0 Å². The Labute approximate surface area is 502 Å². The molecule has 10 aromatic carbocycles. The minimum Gasteiger partial charge on any atom is -0.311 e. The molecule has 85 heavy (non-hydrogen) atoms. The second-order valence-corrected chi connectivity index (χ2v) is 24.0. The third kappa shape index (κ3) is 8.73. The maximum atomic E-state index is 2.66. The van der Waals surface area contributed by atoms with E-state index in [1.165, 1.54) is 89.1 Å². The van der Waals surface area contributed by atoms with Crippen molar-refractivity contribution in [1.29, 1.82) is 0 Å². The van der Waals surface area contributed by atoms with Crippen LogP contribution in [0, 0.1) is 55.4 Å². The first-order valence-corrected chi connectivity index (χ1v) is 29.9. The molecule has 0 heterocycles. The summed E-state index contributed by atoms with van der Waals surface area (Å²) < 4.78 is 0. The molecule has 4 aliphatic rings. The Bertz CT molecular complexity index is 3670. The van der Waals surface area contributed by atoms with Gasteiger partial charge in [0.2, 0.25) is 0 Å². The highest BCUT2D eigenvalue weighted by Crippen LogP contribution is 2.67. The molecule has 0 aliphatic heterocycles. The van der Waals surface area contributed by atoms with Crippen LogP contribution in [0.25, 0.3) is 11.1 Å². The number of anilines is 8. The van der Waals surface area contributed by atoms with Crippen molar-refractivity contribution in [3.05, 3.63) is 357 Å². The van der Waals surface area contributed by atoms with Crippen LogP contribution in [0.2, 0.25) is 0 Å². The van der Waals surface area contributed by atoms with Crippen molar-refractivity contribution in [2.24, 2.45) is 0 Å². The molecule has 0 aromatic heterocycles. The average molecular weight is 1100 g/mol. The molecule has 0 atom stereocenters. The van der Waals surface area contributed by atoms with Gasteiger partial charge in [-0.3, -0.25) is 0 Å². The first-order chi connectivity index (χ1) is 41.3. The van der Waals surface area contributed by atoms with E-state index in [1.807, 2.05) is 0 Å². The van der Waals surface area contributed by atoms with E-state index in [4.69, 9.17) is 0 Å². The number of allylic oxidation sites excluding steroid dienone is 6. The van der Waals surface area contributed by atoms with E-state index in [9.17, 15) is 0 Å². The van der Waals surface area contributed by atoms with Crippen molar-refractivity contribution >= 4 is 45.5 Å². The molecule has 0 saturated heterocycles. The zero-order valence-electron chi connectivity index (χ0n) is 49.8. The molecule has 4 heteroatoms. The van der Waals surface area contributed by atoms with Crippen LogP contribution in [-0.2, 0) is 5.41 Å². The van der Waals surface area contributed by atoms with E-state index >= 15 is 0 Å². The van der Waals surface area contributed by atoms with E-state index < -0.39 is 16.7 Å². The van der Waals surface area contributed by atoms with Crippen LogP contribution in [0.1, 0.15) is 55.6 Å². The van der Waals surface area contributed by atoms with Gasteiger partial charge in [0, 0.05) is 45.5 Å². The lowest BCUT2D eigenvalue weighted by Crippen LogP contribution is -2.57. The summed E-state index contributed by atoms with van der Waals surface area (Å²) in [6, 6.07) is 91.5. The maximum absolute atomic E-state index is 2.66. The topological polar surface area (TPSA) is 13.0 Å². The second-order valence-electron chi connectivity index (χ2n) is 24.0. The minimum absolute atomic E-state index is 0.833. The molecule has 0 saturated carbocycles. The van der Waals surface area contributed by atoms with Crippen LogP contribution in [0.15, 0.2) is 301 Å². The summed E-state index contributed by atoms with van der Waals surface area (Å²) in [5.41, 5.74) is 25.2. The Balaban J connectivity index is 1.16. The van der Waals surface area contributed by atoms with Crippen molar-refractivity contribution in [3.63, 3.8) is 0 Å². The summed E-state index contributed by atoms with van der Waals surface area (Å²) in [5.74, 6) is 0. The van der Waals surface area contributed by atoms with E-state index in [0.717, 1.165) is 45.5 Å². The molecule has 0 unspecified atom stereocenters. The quantitative estimate of drug-likeness (QED) is 0.113. The summed E-state index contributed by atoms with van der Waals surface area (Å²) in [5, 5.41) is 0. The fourth-order valence-corrected chi connectivity index (χ4v) is 13.9. The molecular formula is C81H70N4. The average Bonchev–Trinajstić information content (AvgIpc) is 1.53. The standard InChI is InChI=1S/C81H70N4/c1-55-17-33-63(34-18-55)82(64-35-19-56(2)20-36-64)79(83(65-37-21-57(3)22-38-65)66-39-23-58(4)24-40-66)51-49-73-74-50-52-80(84(67-41-25-59(5)26-42-67)68-43-27-60(6)28-44-68,85(69-45-29-61(7)30-46-69)70-47-31-62(8)32-48-70)54-78(74)81(77(73)53-79)75-15-11-9-13-71(75)72-14-10-12-16-76(72)81/h9-54H,1-8H3. The van der Waals surface area contributed by atoms with Crippen molar-refractivity contribution in [2.45, 2.75) is 72.1 Å². The SMILES string of the molecule is Cc1ccc(N(c2ccc(C)cc2)C2(N(c3ccc(C)cc3)c3ccc(C)cc3)C=CC3=C4C=CC(N(c5ccc(C)cc5)c5ccc(C)cc5)(N(c5ccc(C)cc5)c5ccc(C)cc5)C=C4C4(C3=C2)c2ccccc2-c2ccccc24)cc1. The molecule has 0 fully saturated rings. The Kier molecular flexibility index (Phi) is 13.0. The van der Waals surface area contributed by atoms with E-state index in [0.29, 0.717) is 0 Å². The number of hydrogen-bond donors (Lipinski definition) is 0. The van der Waals surface area contributed by atoms with Gasteiger partial charge in [-0.1, -0.05) is 202 Å². The van der Waals surface area contributed by atoms with Gasteiger partial charge in [0.25, 0.3) is 0 Å². The fraction of sp³-hybridized carbons (Fsp3) is 0.136. The van der Waals surface area contributed by atoms with Gasteiger partial charge in [-0.25, -0.2) is 0 Å². The molecule has 4 nitrogen and oxygen atoms in total. The summed E-state index contributed by atoms with van der Waals surface area (Å²) in [6.07, 6.45) is 15.3. The molecule has 10 aromatic rings. The normalized spacial score (nSPS) is 15.3. The summed E-state index contributed by atoms with van der Waals surface area (Å²) in [6.45, 7) is 17.4. The molecule has 4 aliphatic carbocycles. The number of aryl methyl sites for hydroxylation is 8. The number of benzene rings is 10. The van der Waals surface area contributed by atoms with Crippen LogP contribution in [0.4, 0.5) is 45.5 Å². The van der Waals surface area contributed by atoms with Crippen LogP contribution in [-0.4, -0.2) is 11.3 Å². The summed E-state index contributed by atoms with van der Waals surface area (Å²) in [7, 11) is 0.